The van der Waals surface area contributed by atoms with Crippen LogP contribution in [0.15, 0.2) is 24.3 Å². The number of rotatable bonds is 4. The Balaban J connectivity index is 2.21. The number of likely N-dealkylation sites (tertiary alicyclic amines) is 1. The number of nitrogens with zero attached hydrogens (tertiary/aromatic N) is 1. The van der Waals surface area contributed by atoms with E-state index in [0.717, 1.165) is 31.5 Å². The molecule has 3 nitrogen and oxygen atoms in total. The van der Waals surface area contributed by atoms with E-state index in [1.165, 1.54) is 12.8 Å². The maximum absolute atomic E-state index is 11.1. The van der Waals surface area contributed by atoms with Gasteiger partial charge in [0.05, 0.1) is 6.42 Å². The number of hydrogen-bond donors (Lipinski definition) is 1. The summed E-state index contributed by atoms with van der Waals surface area (Å²) in [6.45, 7) is 1.95. The van der Waals surface area contributed by atoms with Gasteiger partial charge in [0.1, 0.15) is 0 Å². The zero-order valence-electron chi connectivity index (χ0n) is 11.0. The Bertz CT molecular complexity index is 428. The van der Waals surface area contributed by atoms with Crippen LogP contribution in [0.3, 0.4) is 0 Å². The Kier molecular flexibility index (Phi) is 5.23. The summed E-state index contributed by atoms with van der Waals surface area (Å²) < 4.78 is 0. The van der Waals surface area contributed by atoms with Gasteiger partial charge in [-0.15, -0.1) is 0 Å². The topological polar surface area (TPSA) is 40.5 Å². The fraction of sp³-hybridized carbons (Fsp3) is 0.533. The van der Waals surface area contributed by atoms with Crippen LogP contribution in [0.25, 0.3) is 0 Å². The molecule has 1 aliphatic rings. The molecule has 1 aliphatic heterocycles. The van der Waals surface area contributed by atoms with Gasteiger partial charge >= 0.3 is 5.97 Å². The predicted octanol–water partition coefficient (Wildman–Crippen LogP) is 3.73. The number of carboxylic acid groups (broad SMARTS) is 1. The molecule has 4 heteroatoms. The van der Waals surface area contributed by atoms with Crippen molar-refractivity contribution in [1.29, 1.82) is 0 Å². The van der Waals surface area contributed by atoms with Crippen LogP contribution in [0, 0.1) is 0 Å². The molecule has 0 bridgehead atoms. The minimum Gasteiger partial charge on any atom is -0.481 e. The minimum absolute atomic E-state index is 0.0608. The lowest BCUT2D eigenvalue weighted by Crippen LogP contribution is -2.31. The summed E-state index contributed by atoms with van der Waals surface area (Å²) in [5, 5.41) is 9.83. The Morgan fingerprint density at radius 2 is 1.95 bits per heavy atom. The first kappa shape index (κ1) is 14.4. The van der Waals surface area contributed by atoms with Crippen molar-refractivity contribution >= 4 is 17.6 Å². The summed E-state index contributed by atoms with van der Waals surface area (Å²) in [6.07, 6.45) is 4.92. The van der Waals surface area contributed by atoms with Crippen LogP contribution in [0.5, 0.6) is 0 Å². The van der Waals surface area contributed by atoms with Crippen LogP contribution in [0.4, 0.5) is 0 Å². The van der Waals surface area contributed by atoms with Crippen LogP contribution < -0.4 is 0 Å². The third kappa shape index (κ3) is 4.22. The molecule has 1 atom stereocenters. The molecule has 0 aliphatic carbocycles. The van der Waals surface area contributed by atoms with Crippen molar-refractivity contribution in [2.24, 2.45) is 0 Å². The second-order valence-electron chi connectivity index (χ2n) is 5.12. The molecule has 1 aromatic carbocycles. The van der Waals surface area contributed by atoms with E-state index in [1.54, 1.807) is 0 Å². The van der Waals surface area contributed by atoms with E-state index in [2.05, 4.69) is 4.90 Å². The predicted molar refractivity (Wildman–Crippen MR) is 76.5 cm³/mol. The lowest BCUT2D eigenvalue weighted by molar-refractivity contribution is -0.138. The molecule has 1 aromatic rings. The van der Waals surface area contributed by atoms with Crippen LogP contribution in [0.1, 0.15) is 43.7 Å². The van der Waals surface area contributed by atoms with Gasteiger partial charge in [0.15, 0.2) is 0 Å². The van der Waals surface area contributed by atoms with Crippen molar-refractivity contribution < 1.29 is 9.90 Å². The molecule has 0 saturated carbocycles. The van der Waals surface area contributed by atoms with Gasteiger partial charge in [-0.05, 0) is 43.6 Å². The SMILES string of the molecule is O=C(O)CC(c1cccc(Cl)c1)N1CCCCCC1. The monoisotopic (exact) mass is 281 g/mol. The molecule has 0 aromatic heterocycles. The smallest absolute Gasteiger partial charge is 0.305 e. The second kappa shape index (κ2) is 6.92. The fourth-order valence-electron chi connectivity index (χ4n) is 2.74. The Morgan fingerprint density at radius 1 is 1.26 bits per heavy atom. The van der Waals surface area contributed by atoms with Gasteiger partial charge in [0, 0.05) is 11.1 Å². The normalized spacial score (nSPS) is 18.8. The summed E-state index contributed by atoms with van der Waals surface area (Å²) >= 11 is 6.03. The number of carbonyl (C=O) groups is 1. The molecular formula is C15H20ClNO2. The fourth-order valence-corrected chi connectivity index (χ4v) is 2.94. The van der Waals surface area contributed by atoms with Crippen LogP contribution in [0.2, 0.25) is 5.02 Å². The highest BCUT2D eigenvalue weighted by molar-refractivity contribution is 6.30. The molecule has 104 valence electrons. The molecule has 1 N–H and O–H groups in total. The molecular weight excluding hydrogens is 262 g/mol. The lowest BCUT2D eigenvalue weighted by atomic mass is 10.0. The van der Waals surface area contributed by atoms with Crippen molar-refractivity contribution in [3.8, 4) is 0 Å². The summed E-state index contributed by atoms with van der Waals surface area (Å²) in [6, 6.07) is 7.52. The van der Waals surface area contributed by atoms with Gasteiger partial charge in [-0.3, -0.25) is 9.69 Å². The van der Waals surface area contributed by atoms with Crippen LogP contribution >= 0.6 is 11.6 Å². The van der Waals surface area contributed by atoms with Crippen molar-refractivity contribution in [1.82, 2.24) is 4.90 Å². The largest absolute Gasteiger partial charge is 0.481 e. The molecule has 1 fully saturated rings. The minimum atomic E-state index is -0.755. The Morgan fingerprint density at radius 3 is 2.53 bits per heavy atom. The third-order valence-corrected chi connectivity index (χ3v) is 3.92. The van der Waals surface area contributed by atoms with Crippen LogP contribution in [-0.2, 0) is 4.79 Å². The van der Waals surface area contributed by atoms with Gasteiger partial charge in [0.25, 0.3) is 0 Å². The molecule has 0 radical (unpaired) electrons. The molecule has 0 amide bonds. The van der Waals surface area contributed by atoms with Crippen molar-refractivity contribution in [3.63, 3.8) is 0 Å². The van der Waals surface area contributed by atoms with E-state index < -0.39 is 5.97 Å². The van der Waals surface area contributed by atoms with Gasteiger partial charge < -0.3 is 5.11 Å². The third-order valence-electron chi connectivity index (χ3n) is 3.68. The van der Waals surface area contributed by atoms with Crippen LogP contribution in [-0.4, -0.2) is 29.1 Å². The summed E-state index contributed by atoms with van der Waals surface area (Å²) in [5.41, 5.74) is 1.01. The van der Waals surface area contributed by atoms with Crippen molar-refractivity contribution in [2.75, 3.05) is 13.1 Å². The zero-order chi connectivity index (χ0) is 13.7. The summed E-state index contributed by atoms with van der Waals surface area (Å²) in [7, 11) is 0. The lowest BCUT2D eigenvalue weighted by Gasteiger charge is -2.30. The maximum atomic E-state index is 11.1. The Hall–Kier alpha value is -1.06. The second-order valence-corrected chi connectivity index (χ2v) is 5.56. The van der Waals surface area contributed by atoms with Gasteiger partial charge in [-0.2, -0.15) is 0 Å². The molecule has 1 unspecified atom stereocenters. The van der Waals surface area contributed by atoms with E-state index >= 15 is 0 Å². The maximum Gasteiger partial charge on any atom is 0.305 e. The first-order valence-corrected chi connectivity index (χ1v) is 7.26. The average Bonchev–Trinajstić information content (AvgIpc) is 2.64. The Labute approximate surface area is 119 Å². The number of aliphatic carboxylic acids is 1. The highest BCUT2D eigenvalue weighted by Gasteiger charge is 2.24. The van der Waals surface area contributed by atoms with E-state index in [-0.39, 0.29) is 12.5 Å². The van der Waals surface area contributed by atoms with Gasteiger partial charge in [-0.1, -0.05) is 36.6 Å². The summed E-state index contributed by atoms with van der Waals surface area (Å²) in [4.78, 5) is 13.4. The zero-order valence-corrected chi connectivity index (χ0v) is 11.8. The number of halogens is 1. The summed E-state index contributed by atoms with van der Waals surface area (Å²) in [5.74, 6) is -0.755. The molecule has 0 spiro atoms. The highest BCUT2D eigenvalue weighted by atomic mass is 35.5. The van der Waals surface area contributed by atoms with E-state index in [0.29, 0.717) is 5.02 Å². The highest BCUT2D eigenvalue weighted by Crippen LogP contribution is 2.28. The van der Waals surface area contributed by atoms with Crippen molar-refractivity contribution in [3.05, 3.63) is 34.9 Å². The first-order chi connectivity index (χ1) is 9.16. The molecule has 1 saturated heterocycles. The molecule has 1 heterocycles. The number of carboxylic acids is 1. The quantitative estimate of drug-likeness (QED) is 0.914. The van der Waals surface area contributed by atoms with E-state index in [4.69, 9.17) is 16.7 Å². The molecule has 19 heavy (non-hydrogen) atoms. The first-order valence-electron chi connectivity index (χ1n) is 6.88. The van der Waals surface area contributed by atoms with Gasteiger partial charge in [-0.25, -0.2) is 0 Å². The van der Waals surface area contributed by atoms with Gasteiger partial charge in [0.2, 0.25) is 0 Å². The number of hydrogen-bond acceptors (Lipinski definition) is 2. The van der Waals surface area contributed by atoms with E-state index in [1.807, 2.05) is 24.3 Å². The van der Waals surface area contributed by atoms with Crippen molar-refractivity contribution in [2.45, 2.75) is 38.1 Å². The van der Waals surface area contributed by atoms with E-state index in [9.17, 15) is 4.79 Å². The molecule has 2 rings (SSSR count). The number of benzene rings is 1. The average molecular weight is 282 g/mol. The standard InChI is InChI=1S/C15H20ClNO2/c16-13-7-5-6-12(10-13)14(11-15(18)19)17-8-3-1-2-4-9-17/h5-7,10,14H,1-4,8-9,11H2,(H,18,19).